The zero-order valence-corrected chi connectivity index (χ0v) is 5.65. The molecule has 0 rings (SSSR count). The lowest BCUT2D eigenvalue weighted by Crippen LogP contribution is -1.69. The van der Waals surface area contributed by atoms with E-state index < -0.39 is 0 Å². The Morgan fingerprint density at radius 3 is 1.40 bits per heavy atom. The van der Waals surface area contributed by atoms with Crippen LogP contribution in [0.1, 0.15) is 13.8 Å². The van der Waals surface area contributed by atoms with E-state index in [0.29, 0.717) is 0 Å². The molecule has 0 aromatic heterocycles. The largest absolute Gasteiger partial charge is 0.300 e. The van der Waals surface area contributed by atoms with E-state index in [0.717, 1.165) is 0 Å². The summed E-state index contributed by atoms with van der Waals surface area (Å²) in [6.45, 7) is 3.06. The molecule has 0 spiro atoms. The molecule has 0 N–H and O–H groups in total. The molecule has 0 aromatic rings. The number of halogens is 1. The first-order chi connectivity index (χ1) is 1.73. The fourth-order valence-corrected chi connectivity index (χ4v) is 0. The van der Waals surface area contributed by atoms with E-state index in [2.05, 4.69) is 0 Å². The third-order valence-electron chi connectivity index (χ3n) is 0. The molecule has 0 aliphatic carbocycles. The van der Waals surface area contributed by atoms with Crippen LogP contribution in [0, 0.1) is 0 Å². The lowest BCUT2D eigenvalue weighted by atomic mass is 10.6. The van der Waals surface area contributed by atoms with Gasteiger partial charge >= 0.3 is 0 Å². The summed E-state index contributed by atoms with van der Waals surface area (Å²) in [6.07, 6.45) is 0. The number of hydrogen-bond donors (Lipinski definition) is 0. The molecular weight excluding hydrogens is 179 g/mol. The Labute approximate surface area is 48.8 Å². The number of carbonyl (C=O) groups is 1. The predicted octanol–water partition coefficient (Wildman–Crippen LogP) is 1.21. The molecule has 0 aliphatic rings. The molecule has 0 unspecified atom stereocenters. The second kappa shape index (κ2) is 4.40. The number of hydrogen-bond acceptors (Lipinski definition) is 1. The Kier molecular flexibility index (Phi) is 7.96. The van der Waals surface area contributed by atoms with Gasteiger partial charge in [0.1, 0.15) is 5.78 Å². The van der Waals surface area contributed by atoms with E-state index in [4.69, 9.17) is 0 Å². The number of carbonyl (C=O) groups excluding carboxylic acids is 1. The van der Waals surface area contributed by atoms with E-state index in [1.165, 1.54) is 13.8 Å². The van der Waals surface area contributed by atoms with Crippen LogP contribution in [0.25, 0.3) is 0 Å². The summed E-state index contributed by atoms with van der Waals surface area (Å²) in [5, 5.41) is 0. The fraction of sp³-hybridized carbons (Fsp3) is 0.667. The number of Topliss-reactive ketones (excluding diaryl/α,β-unsaturated/α-hetero) is 1. The Bertz CT molecular complexity index is 29.9. The van der Waals surface area contributed by atoms with Crippen molar-refractivity contribution in [2.75, 3.05) is 0 Å². The summed E-state index contributed by atoms with van der Waals surface area (Å²) < 4.78 is 0. The van der Waals surface area contributed by atoms with Gasteiger partial charge in [-0.25, -0.2) is 0 Å². The van der Waals surface area contributed by atoms with Crippen molar-refractivity contribution in [2.45, 2.75) is 13.8 Å². The first-order valence-electron chi connectivity index (χ1n) is 1.20. The molecular formula is C3H7IO. The minimum atomic E-state index is 0. The lowest BCUT2D eigenvalue weighted by Gasteiger charge is -1.56. The van der Waals surface area contributed by atoms with Crippen molar-refractivity contribution in [3.05, 3.63) is 0 Å². The van der Waals surface area contributed by atoms with Crippen molar-refractivity contribution in [1.29, 1.82) is 0 Å². The van der Waals surface area contributed by atoms with E-state index >= 15 is 0 Å². The first-order valence-corrected chi connectivity index (χ1v) is 1.20. The highest BCUT2D eigenvalue weighted by atomic mass is 127. The van der Waals surface area contributed by atoms with Crippen molar-refractivity contribution >= 4 is 29.8 Å². The molecule has 5 heavy (non-hydrogen) atoms. The van der Waals surface area contributed by atoms with Gasteiger partial charge in [0, 0.05) is 0 Å². The van der Waals surface area contributed by atoms with Crippen LogP contribution in [0.2, 0.25) is 0 Å². The molecule has 0 radical (unpaired) electrons. The van der Waals surface area contributed by atoms with Gasteiger partial charge in [-0.2, -0.15) is 0 Å². The molecule has 0 saturated heterocycles. The monoisotopic (exact) mass is 186 g/mol. The van der Waals surface area contributed by atoms with Gasteiger partial charge in [0.15, 0.2) is 0 Å². The van der Waals surface area contributed by atoms with Crippen molar-refractivity contribution < 1.29 is 4.79 Å². The smallest absolute Gasteiger partial charge is 0.126 e. The maximum Gasteiger partial charge on any atom is 0.126 e. The highest BCUT2D eigenvalue weighted by Crippen LogP contribution is 1.50. The molecule has 0 amide bonds. The molecule has 0 atom stereocenters. The van der Waals surface area contributed by atoms with Crippen LogP contribution in [-0.4, -0.2) is 5.78 Å². The highest BCUT2D eigenvalue weighted by molar-refractivity contribution is 14.0. The number of ketones is 1. The summed E-state index contributed by atoms with van der Waals surface area (Å²) in [4.78, 5) is 9.44. The van der Waals surface area contributed by atoms with Crippen LogP contribution < -0.4 is 0 Å². The molecule has 0 aromatic carbocycles. The minimum absolute atomic E-state index is 0. The molecule has 0 aliphatic heterocycles. The van der Waals surface area contributed by atoms with Crippen LogP contribution in [0.4, 0.5) is 0 Å². The van der Waals surface area contributed by atoms with Gasteiger partial charge < -0.3 is 4.79 Å². The quantitative estimate of drug-likeness (QED) is 0.519. The van der Waals surface area contributed by atoms with Crippen LogP contribution in [0.15, 0.2) is 0 Å². The molecule has 32 valence electrons. The van der Waals surface area contributed by atoms with E-state index in [-0.39, 0.29) is 29.8 Å². The summed E-state index contributed by atoms with van der Waals surface area (Å²) in [5.74, 6) is 0.167. The van der Waals surface area contributed by atoms with Crippen molar-refractivity contribution in [3.63, 3.8) is 0 Å². The van der Waals surface area contributed by atoms with Gasteiger partial charge in [0.05, 0.1) is 0 Å². The third-order valence-corrected chi connectivity index (χ3v) is 0. The minimum Gasteiger partial charge on any atom is -0.300 e. The van der Waals surface area contributed by atoms with Crippen LogP contribution in [0.3, 0.4) is 0 Å². The summed E-state index contributed by atoms with van der Waals surface area (Å²) in [7, 11) is 0. The second-order valence-electron chi connectivity index (χ2n) is 0.908. The Hall–Kier alpha value is 0.400. The van der Waals surface area contributed by atoms with Gasteiger partial charge in [0.25, 0.3) is 0 Å². The van der Waals surface area contributed by atoms with Crippen LogP contribution in [-0.2, 0) is 4.79 Å². The van der Waals surface area contributed by atoms with Gasteiger partial charge in [-0.1, -0.05) is 0 Å². The normalized spacial score (nSPS) is 5.20. The third kappa shape index (κ3) is 158. The lowest BCUT2D eigenvalue weighted by molar-refractivity contribution is -0.114. The fourth-order valence-electron chi connectivity index (χ4n) is 0. The van der Waals surface area contributed by atoms with Crippen molar-refractivity contribution in [2.24, 2.45) is 0 Å². The van der Waals surface area contributed by atoms with E-state index in [1.54, 1.807) is 0 Å². The van der Waals surface area contributed by atoms with E-state index in [9.17, 15) is 4.79 Å². The first kappa shape index (κ1) is 9.04. The van der Waals surface area contributed by atoms with E-state index in [1.807, 2.05) is 0 Å². The maximum absolute atomic E-state index is 9.44. The standard InChI is InChI=1S/C3H6O.HI/c1-3(2)4;/h1-2H3;1H. The van der Waals surface area contributed by atoms with Crippen molar-refractivity contribution in [1.82, 2.24) is 0 Å². The second-order valence-corrected chi connectivity index (χ2v) is 0.908. The van der Waals surface area contributed by atoms with Crippen molar-refractivity contribution in [3.8, 4) is 0 Å². The summed E-state index contributed by atoms with van der Waals surface area (Å²) in [6, 6.07) is 0. The average Bonchev–Trinajstić information content (AvgIpc) is 0.811. The highest BCUT2D eigenvalue weighted by Gasteiger charge is 1.62. The maximum atomic E-state index is 9.44. The molecule has 0 heterocycles. The van der Waals surface area contributed by atoms with Gasteiger partial charge in [-0.05, 0) is 13.8 Å². The van der Waals surface area contributed by atoms with Crippen LogP contribution in [0.5, 0.6) is 0 Å². The van der Waals surface area contributed by atoms with Gasteiger partial charge in [0.2, 0.25) is 0 Å². The van der Waals surface area contributed by atoms with Crippen LogP contribution >= 0.6 is 24.0 Å². The Morgan fingerprint density at radius 1 is 1.40 bits per heavy atom. The Morgan fingerprint density at radius 2 is 1.40 bits per heavy atom. The number of rotatable bonds is 0. The zero-order chi connectivity index (χ0) is 3.58. The molecule has 0 saturated carbocycles. The molecule has 1 nitrogen and oxygen atoms in total. The zero-order valence-electron chi connectivity index (χ0n) is 3.32. The Balaban J connectivity index is 0. The average molecular weight is 186 g/mol. The molecule has 0 bridgehead atoms. The molecule has 0 fully saturated rings. The summed E-state index contributed by atoms with van der Waals surface area (Å²) >= 11 is 0. The van der Waals surface area contributed by atoms with Gasteiger partial charge in [-0.3, -0.25) is 0 Å². The van der Waals surface area contributed by atoms with Gasteiger partial charge in [-0.15, -0.1) is 24.0 Å². The molecule has 2 heteroatoms. The summed E-state index contributed by atoms with van der Waals surface area (Å²) in [5.41, 5.74) is 0. The topological polar surface area (TPSA) is 17.1 Å². The predicted molar refractivity (Wildman–Crippen MR) is 31.8 cm³/mol. The SMILES string of the molecule is CC(C)=O.I.